The molecule has 0 unspecified atom stereocenters. The number of furan rings is 1. The lowest BCUT2D eigenvalue weighted by molar-refractivity contribution is 0.205. The first-order chi connectivity index (χ1) is 9.56. The normalized spacial score (nSPS) is 10.3. The van der Waals surface area contributed by atoms with Gasteiger partial charge in [-0.15, -0.1) is 0 Å². The van der Waals surface area contributed by atoms with Gasteiger partial charge in [0.15, 0.2) is 0 Å². The molecule has 1 N–H and O–H groups in total. The first kappa shape index (κ1) is 14.8. The topological polar surface area (TPSA) is 45.5 Å². The lowest BCUT2D eigenvalue weighted by Gasteiger charge is -2.18. The molecule has 20 heavy (non-hydrogen) atoms. The van der Waals surface area contributed by atoms with Crippen LogP contribution in [0.1, 0.15) is 11.3 Å². The van der Waals surface area contributed by atoms with Crippen molar-refractivity contribution in [2.24, 2.45) is 0 Å². The molecule has 0 aliphatic rings. The first-order valence-electron chi connectivity index (χ1n) is 6.01. The molecule has 0 fully saturated rings. The molecule has 0 aliphatic heterocycles. The summed E-state index contributed by atoms with van der Waals surface area (Å²) in [6, 6.07) is 8.59. The van der Waals surface area contributed by atoms with Gasteiger partial charge in [-0.1, -0.05) is 29.3 Å². The van der Waals surface area contributed by atoms with Crippen LogP contribution in [0.25, 0.3) is 0 Å². The van der Waals surface area contributed by atoms with Gasteiger partial charge >= 0.3 is 6.03 Å². The molecule has 0 atom stereocenters. The Balaban J connectivity index is 1.90. The van der Waals surface area contributed by atoms with E-state index in [2.05, 4.69) is 5.32 Å². The fourth-order valence-corrected chi connectivity index (χ4v) is 2.16. The van der Waals surface area contributed by atoms with Crippen LogP contribution in [0.5, 0.6) is 0 Å². The summed E-state index contributed by atoms with van der Waals surface area (Å²) in [6.45, 7) is 0.754. The van der Waals surface area contributed by atoms with Crippen LogP contribution in [0.15, 0.2) is 41.0 Å². The maximum Gasteiger partial charge on any atom is 0.317 e. The van der Waals surface area contributed by atoms with Gasteiger partial charge in [0.25, 0.3) is 0 Å². The third-order valence-corrected chi connectivity index (χ3v) is 3.35. The number of nitrogens with zero attached hydrogens (tertiary/aromatic N) is 1. The van der Waals surface area contributed by atoms with E-state index in [9.17, 15) is 4.79 Å². The highest BCUT2D eigenvalue weighted by Crippen LogP contribution is 2.21. The number of rotatable bonds is 4. The number of carbonyl (C=O) groups is 1. The van der Waals surface area contributed by atoms with E-state index in [4.69, 9.17) is 27.6 Å². The van der Waals surface area contributed by atoms with Crippen LogP contribution in [-0.2, 0) is 13.1 Å². The molecule has 0 saturated carbocycles. The van der Waals surface area contributed by atoms with Crippen LogP contribution in [-0.4, -0.2) is 18.0 Å². The second kappa shape index (κ2) is 6.68. The monoisotopic (exact) mass is 312 g/mol. The van der Waals surface area contributed by atoms with Crippen molar-refractivity contribution in [3.63, 3.8) is 0 Å². The molecule has 1 aromatic heterocycles. The van der Waals surface area contributed by atoms with Crippen molar-refractivity contribution in [1.82, 2.24) is 10.2 Å². The van der Waals surface area contributed by atoms with Crippen molar-refractivity contribution < 1.29 is 9.21 Å². The van der Waals surface area contributed by atoms with Gasteiger partial charge in [0.1, 0.15) is 5.76 Å². The number of hydrogen-bond donors (Lipinski definition) is 1. The van der Waals surface area contributed by atoms with E-state index in [1.54, 1.807) is 43.6 Å². The van der Waals surface area contributed by atoms with Crippen LogP contribution in [0.4, 0.5) is 4.79 Å². The first-order valence-corrected chi connectivity index (χ1v) is 6.77. The Morgan fingerprint density at radius 2 is 2.15 bits per heavy atom. The highest BCUT2D eigenvalue weighted by Gasteiger charge is 2.11. The Kier molecular flexibility index (Phi) is 4.93. The van der Waals surface area contributed by atoms with Gasteiger partial charge in [0.05, 0.1) is 12.8 Å². The predicted octanol–water partition coefficient (Wildman–Crippen LogP) is 3.93. The van der Waals surface area contributed by atoms with E-state index in [0.717, 1.165) is 5.56 Å². The number of halogens is 2. The van der Waals surface area contributed by atoms with Crippen molar-refractivity contribution in [1.29, 1.82) is 0 Å². The second-order valence-electron chi connectivity index (χ2n) is 4.33. The fraction of sp³-hybridized carbons (Fsp3) is 0.214. The third kappa shape index (κ3) is 3.92. The SMILES string of the molecule is CN(Cc1ccc(Cl)cc1Cl)C(=O)NCc1ccco1. The van der Waals surface area contributed by atoms with E-state index in [1.165, 1.54) is 4.90 Å². The van der Waals surface area contributed by atoms with Crippen LogP contribution < -0.4 is 5.32 Å². The Morgan fingerprint density at radius 3 is 2.80 bits per heavy atom. The summed E-state index contributed by atoms with van der Waals surface area (Å²) < 4.78 is 5.15. The Hall–Kier alpha value is -1.65. The van der Waals surface area contributed by atoms with Crippen LogP contribution in [0.2, 0.25) is 10.0 Å². The number of amides is 2. The van der Waals surface area contributed by atoms with E-state index >= 15 is 0 Å². The Morgan fingerprint density at radius 1 is 1.35 bits per heavy atom. The van der Waals surface area contributed by atoms with Crippen molar-refractivity contribution in [3.8, 4) is 0 Å². The number of carbonyl (C=O) groups excluding carboxylic acids is 1. The summed E-state index contributed by atoms with van der Waals surface area (Å²) in [5, 5.41) is 3.88. The largest absolute Gasteiger partial charge is 0.467 e. The van der Waals surface area contributed by atoms with Crippen molar-refractivity contribution >= 4 is 29.2 Å². The summed E-state index contributed by atoms with van der Waals surface area (Å²) in [4.78, 5) is 13.5. The molecule has 0 saturated heterocycles. The highest BCUT2D eigenvalue weighted by atomic mass is 35.5. The van der Waals surface area contributed by atoms with Gasteiger partial charge < -0.3 is 14.6 Å². The molecule has 0 radical (unpaired) electrons. The minimum atomic E-state index is -0.201. The molecule has 1 heterocycles. The zero-order valence-electron chi connectivity index (χ0n) is 10.9. The van der Waals surface area contributed by atoms with Gasteiger partial charge in [-0.2, -0.15) is 0 Å². The van der Waals surface area contributed by atoms with E-state index in [0.29, 0.717) is 28.9 Å². The molecular weight excluding hydrogens is 299 g/mol. The summed E-state index contributed by atoms with van der Waals surface area (Å²) in [6.07, 6.45) is 1.57. The lowest BCUT2D eigenvalue weighted by atomic mass is 10.2. The van der Waals surface area contributed by atoms with Gasteiger partial charge in [0, 0.05) is 23.6 Å². The molecule has 106 valence electrons. The molecule has 1 aromatic carbocycles. The molecule has 0 bridgehead atoms. The van der Waals surface area contributed by atoms with Gasteiger partial charge in [-0.05, 0) is 29.8 Å². The maximum atomic E-state index is 11.9. The van der Waals surface area contributed by atoms with Crippen molar-refractivity contribution in [2.45, 2.75) is 13.1 Å². The van der Waals surface area contributed by atoms with Crippen LogP contribution >= 0.6 is 23.2 Å². The van der Waals surface area contributed by atoms with E-state index < -0.39 is 0 Å². The Labute approximate surface area is 127 Å². The molecule has 6 heteroatoms. The second-order valence-corrected chi connectivity index (χ2v) is 5.17. The quantitative estimate of drug-likeness (QED) is 0.929. The van der Waals surface area contributed by atoms with Crippen molar-refractivity contribution in [3.05, 3.63) is 58.0 Å². The summed E-state index contributed by atoms with van der Waals surface area (Å²) in [5.41, 5.74) is 0.840. The van der Waals surface area contributed by atoms with Crippen molar-refractivity contribution in [2.75, 3.05) is 7.05 Å². The average molecular weight is 313 g/mol. The average Bonchev–Trinajstić information content (AvgIpc) is 2.92. The third-order valence-electron chi connectivity index (χ3n) is 2.76. The van der Waals surface area contributed by atoms with Gasteiger partial charge in [0.2, 0.25) is 0 Å². The standard InChI is InChI=1S/C14H14Cl2N2O2/c1-18(9-10-4-5-11(15)7-13(10)16)14(19)17-8-12-3-2-6-20-12/h2-7H,8-9H2,1H3,(H,17,19). The predicted molar refractivity (Wildman–Crippen MR) is 78.9 cm³/mol. The minimum Gasteiger partial charge on any atom is -0.467 e. The molecule has 0 spiro atoms. The maximum absolute atomic E-state index is 11.9. The van der Waals surface area contributed by atoms with Crippen LogP contribution in [0, 0.1) is 0 Å². The number of hydrogen-bond acceptors (Lipinski definition) is 2. The zero-order valence-corrected chi connectivity index (χ0v) is 12.4. The number of nitrogens with one attached hydrogen (secondary N) is 1. The molecule has 4 nitrogen and oxygen atoms in total. The lowest BCUT2D eigenvalue weighted by Crippen LogP contribution is -2.36. The number of benzene rings is 1. The summed E-state index contributed by atoms with van der Waals surface area (Å²) in [5.74, 6) is 0.705. The molecule has 2 aromatic rings. The fourth-order valence-electron chi connectivity index (χ4n) is 1.69. The van der Waals surface area contributed by atoms with Gasteiger partial charge in [-0.25, -0.2) is 4.79 Å². The molecular formula is C14H14Cl2N2O2. The Bertz CT molecular complexity index is 585. The highest BCUT2D eigenvalue weighted by molar-refractivity contribution is 6.35. The summed E-state index contributed by atoms with van der Waals surface area (Å²) >= 11 is 11.9. The summed E-state index contributed by atoms with van der Waals surface area (Å²) in [7, 11) is 1.70. The molecule has 2 amide bonds. The van der Waals surface area contributed by atoms with E-state index in [1.807, 2.05) is 0 Å². The molecule has 0 aliphatic carbocycles. The smallest absolute Gasteiger partial charge is 0.317 e. The van der Waals surface area contributed by atoms with Crippen LogP contribution in [0.3, 0.4) is 0 Å². The number of urea groups is 1. The van der Waals surface area contributed by atoms with E-state index in [-0.39, 0.29) is 6.03 Å². The van der Waals surface area contributed by atoms with Gasteiger partial charge in [-0.3, -0.25) is 0 Å². The minimum absolute atomic E-state index is 0.201. The zero-order chi connectivity index (χ0) is 14.5. The molecule has 2 rings (SSSR count).